The third kappa shape index (κ3) is 5.40. The second-order valence-corrected chi connectivity index (χ2v) is 7.15. The van der Waals surface area contributed by atoms with Crippen molar-refractivity contribution >= 4 is 19.3 Å². The van der Waals surface area contributed by atoms with Crippen molar-refractivity contribution in [3.05, 3.63) is 92.3 Å². The van der Waals surface area contributed by atoms with Crippen molar-refractivity contribution in [2.45, 2.75) is 13.2 Å². The van der Waals surface area contributed by atoms with E-state index in [1.165, 1.54) is 54.3 Å². The molecule has 0 saturated carbocycles. The highest BCUT2D eigenvalue weighted by Crippen LogP contribution is 2.59. The van der Waals surface area contributed by atoms with Crippen LogP contribution < -0.4 is 0 Å². The maximum Gasteiger partial charge on any atom is 0.438 e. The highest BCUT2D eigenvalue weighted by Gasteiger charge is 2.37. The van der Waals surface area contributed by atoms with Crippen molar-refractivity contribution in [3.8, 4) is 0 Å². The van der Waals surface area contributed by atoms with Crippen molar-refractivity contribution in [1.29, 1.82) is 0 Å². The summed E-state index contributed by atoms with van der Waals surface area (Å²) in [4.78, 5) is 30.6. The van der Waals surface area contributed by atoms with E-state index >= 15 is 0 Å². The second-order valence-electron chi connectivity index (χ2n) is 5.14. The molecule has 0 radical (unpaired) electrons. The summed E-state index contributed by atoms with van der Waals surface area (Å²) >= 11 is 0. The zero-order valence-corrected chi connectivity index (χ0v) is 14.5. The topological polar surface area (TPSA) is 125 Å². The second kappa shape index (κ2) is 8.59. The number of nitro groups is 2. The minimum Gasteiger partial charge on any atom is -0.258 e. The molecule has 10 heteroatoms. The van der Waals surface area contributed by atoms with E-state index in [2.05, 4.69) is 6.58 Å². The first-order valence-electron chi connectivity index (χ1n) is 7.34. The molecule has 9 nitrogen and oxygen atoms in total. The maximum absolute atomic E-state index is 10.6. The largest absolute Gasteiger partial charge is 0.438 e. The average Bonchev–Trinajstić information content (AvgIpc) is 2.65. The van der Waals surface area contributed by atoms with E-state index in [1.807, 2.05) is 0 Å². The molecular formula is C16H16N2O7P+. The Morgan fingerprint density at radius 3 is 1.50 bits per heavy atom. The Morgan fingerprint density at radius 2 is 1.23 bits per heavy atom. The van der Waals surface area contributed by atoms with Gasteiger partial charge in [0, 0.05) is 24.3 Å². The molecule has 26 heavy (non-hydrogen) atoms. The van der Waals surface area contributed by atoms with Gasteiger partial charge in [-0.1, -0.05) is 6.58 Å². The van der Waals surface area contributed by atoms with Crippen LogP contribution in [-0.2, 0) is 22.3 Å². The van der Waals surface area contributed by atoms with E-state index in [-0.39, 0.29) is 24.6 Å². The van der Waals surface area contributed by atoms with Gasteiger partial charge in [0.05, 0.1) is 9.85 Å². The summed E-state index contributed by atoms with van der Waals surface area (Å²) in [6, 6.07) is 11.4. The van der Waals surface area contributed by atoms with Gasteiger partial charge in [-0.15, -0.1) is 0 Å². The summed E-state index contributed by atoms with van der Waals surface area (Å²) in [6.07, 6.45) is 0. The first-order valence-corrected chi connectivity index (χ1v) is 8.98. The highest BCUT2D eigenvalue weighted by molar-refractivity contribution is 7.63. The molecule has 0 amide bonds. The lowest BCUT2D eigenvalue weighted by atomic mass is 10.2. The van der Waals surface area contributed by atoms with Gasteiger partial charge in [-0.25, -0.2) is 0 Å². The number of rotatable bonds is 9. The molecule has 0 aliphatic carbocycles. The van der Waals surface area contributed by atoms with Gasteiger partial charge in [-0.2, -0.15) is 13.9 Å². The molecule has 0 fully saturated rings. The third-order valence-corrected chi connectivity index (χ3v) is 4.82. The first-order chi connectivity index (χ1) is 12.3. The molecule has 2 aromatic rings. The summed E-state index contributed by atoms with van der Waals surface area (Å²) < 4.78 is 10.8. The van der Waals surface area contributed by atoms with E-state index in [0.717, 1.165) is 0 Å². The molecule has 0 saturated heterocycles. The van der Waals surface area contributed by atoms with Crippen LogP contribution in [-0.4, -0.2) is 14.7 Å². The predicted octanol–water partition coefficient (Wildman–Crippen LogP) is 4.13. The Bertz CT molecular complexity index is 732. The lowest BCUT2D eigenvalue weighted by Crippen LogP contribution is -2.01. The Labute approximate surface area is 149 Å². The van der Waals surface area contributed by atoms with Gasteiger partial charge in [0.25, 0.3) is 11.4 Å². The third-order valence-electron chi connectivity index (χ3n) is 3.36. The Kier molecular flexibility index (Phi) is 6.48. The molecule has 0 heterocycles. The average molecular weight is 379 g/mol. The minimum absolute atomic E-state index is 0.0193. The van der Waals surface area contributed by atoms with Gasteiger partial charge < -0.3 is 0 Å². The summed E-state index contributed by atoms with van der Waals surface area (Å²) in [7, 11) is -3.35. The molecule has 136 valence electrons. The van der Waals surface area contributed by atoms with Crippen LogP contribution >= 0.6 is 7.94 Å². The quantitative estimate of drug-likeness (QED) is 0.394. The number of benzene rings is 2. The smallest absolute Gasteiger partial charge is 0.258 e. The lowest BCUT2D eigenvalue weighted by Gasteiger charge is -2.13. The minimum atomic E-state index is -3.35. The van der Waals surface area contributed by atoms with Gasteiger partial charge in [0.1, 0.15) is 19.0 Å². The lowest BCUT2D eigenvalue weighted by molar-refractivity contribution is -0.385. The molecule has 0 bridgehead atoms. The van der Waals surface area contributed by atoms with Crippen LogP contribution in [0.4, 0.5) is 11.4 Å². The van der Waals surface area contributed by atoms with Gasteiger partial charge in [-0.05, 0) is 35.4 Å². The Balaban J connectivity index is 1.93. The molecule has 0 spiro atoms. The van der Waals surface area contributed by atoms with Crippen molar-refractivity contribution in [2.75, 3.05) is 0 Å². The van der Waals surface area contributed by atoms with Crippen LogP contribution in [0.1, 0.15) is 11.1 Å². The van der Waals surface area contributed by atoms with Crippen LogP contribution in [0.3, 0.4) is 0 Å². The predicted molar refractivity (Wildman–Crippen MR) is 95.1 cm³/mol. The molecule has 1 N–H and O–H groups in total. The standard InChI is InChI=1S/C16H16N2O7P/c1-2-26(23,24-11-13-3-7-15(8-4-13)17(19)20)25-12-14-5-9-16(10-6-14)18(21)22/h2-10,23H,1,11-12H2/q+1. The van der Waals surface area contributed by atoms with Crippen molar-refractivity contribution in [1.82, 2.24) is 0 Å². The summed E-state index contributed by atoms with van der Waals surface area (Å²) in [5, 5.41) is 21.2. The molecule has 2 aromatic carbocycles. The van der Waals surface area contributed by atoms with Gasteiger partial charge in [-0.3, -0.25) is 20.2 Å². The fraction of sp³-hybridized carbons (Fsp3) is 0.125. The number of non-ortho nitro benzene ring substituents is 2. The Morgan fingerprint density at radius 1 is 0.885 bits per heavy atom. The van der Waals surface area contributed by atoms with Crippen molar-refractivity contribution in [2.24, 2.45) is 0 Å². The first kappa shape index (κ1) is 19.6. The number of hydrogen-bond acceptors (Lipinski definition) is 7. The van der Waals surface area contributed by atoms with E-state index < -0.39 is 17.8 Å². The summed E-state index contributed by atoms with van der Waals surface area (Å²) in [5.74, 6) is 1.17. The number of hydrogen-bond donors (Lipinski definition) is 1. The van der Waals surface area contributed by atoms with Crippen LogP contribution in [0.25, 0.3) is 0 Å². The van der Waals surface area contributed by atoms with Crippen LogP contribution in [0.5, 0.6) is 0 Å². The normalized spacial score (nSPS) is 11.1. The van der Waals surface area contributed by atoms with Gasteiger partial charge in [0.2, 0.25) is 0 Å². The van der Waals surface area contributed by atoms with Crippen LogP contribution in [0.2, 0.25) is 0 Å². The Hall–Kier alpha value is -2.71. The van der Waals surface area contributed by atoms with E-state index in [1.54, 1.807) is 0 Å². The monoisotopic (exact) mass is 379 g/mol. The summed E-state index contributed by atoms with van der Waals surface area (Å²) in [6.45, 7) is 3.46. The molecule has 0 atom stereocenters. The van der Waals surface area contributed by atoms with E-state index in [4.69, 9.17) is 9.05 Å². The SMILES string of the molecule is C=C[P+](O)(OCc1ccc([N+](=O)[O-])cc1)OCc1ccc([N+](=O)[O-])cc1. The zero-order valence-electron chi connectivity index (χ0n) is 13.6. The molecule has 0 unspecified atom stereocenters. The fourth-order valence-corrected chi connectivity index (χ4v) is 2.86. The van der Waals surface area contributed by atoms with E-state index in [9.17, 15) is 25.1 Å². The number of nitrogens with zero attached hydrogens (tertiary/aromatic N) is 2. The maximum atomic E-state index is 10.6. The van der Waals surface area contributed by atoms with Gasteiger partial charge in [0.15, 0.2) is 0 Å². The summed E-state index contributed by atoms with van der Waals surface area (Å²) in [5.41, 5.74) is 1.15. The number of nitro benzene ring substituents is 2. The van der Waals surface area contributed by atoms with Gasteiger partial charge >= 0.3 is 7.94 Å². The molecule has 0 aromatic heterocycles. The van der Waals surface area contributed by atoms with E-state index in [0.29, 0.717) is 11.1 Å². The molecule has 0 aliphatic heterocycles. The fourth-order valence-electron chi connectivity index (χ4n) is 1.90. The molecule has 2 rings (SSSR count). The molecular weight excluding hydrogens is 363 g/mol. The van der Waals surface area contributed by atoms with Crippen LogP contribution in [0, 0.1) is 20.2 Å². The van der Waals surface area contributed by atoms with Crippen LogP contribution in [0.15, 0.2) is 60.9 Å². The zero-order chi connectivity index (χ0) is 19.2. The van der Waals surface area contributed by atoms with Crippen molar-refractivity contribution < 1.29 is 23.8 Å². The van der Waals surface area contributed by atoms with Crippen molar-refractivity contribution in [3.63, 3.8) is 0 Å². The highest BCUT2D eigenvalue weighted by atomic mass is 31.2. The molecule has 0 aliphatic rings.